The van der Waals surface area contributed by atoms with E-state index in [1.807, 2.05) is 19.1 Å². The molecule has 2 N–H and O–H groups in total. The van der Waals surface area contributed by atoms with Crippen LogP contribution in [0.4, 0.5) is 0 Å². The van der Waals surface area contributed by atoms with E-state index in [2.05, 4.69) is 26.7 Å². The van der Waals surface area contributed by atoms with Crippen LogP contribution in [0.25, 0.3) is 0 Å². The summed E-state index contributed by atoms with van der Waals surface area (Å²) in [7, 11) is 0. The van der Waals surface area contributed by atoms with Crippen molar-refractivity contribution >= 4 is 0 Å². The van der Waals surface area contributed by atoms with E-state index in [9.17, 15) is 0 Å². The Morgan fingerprint density at radius 1 is 1.36 bits per heavy atom. The van der Waals surface area contributed by atoms with Gasteiger partial charge >= 0.3 is 0 Å². The summed E-state index contributed by atoms with van der Waals surface area (Å²) in [6, 6.07) is 0. The van der Waals surface area contributed by atoms with Gasteiger partial charge in [0.1, 0.15) is 0 Å². The summed E-state index contributed by atoms with van der Waals surface area (Å²) in [4.78, 5) is 0. The third kappa shape index (κ3) is 99.6. The topological polar surface area (TPSA) is 26.0 Å². The van der Waals surface area contributed by atoms with E-state index in [-0.39, 0.29) is 0 Å². The molecule has 0 saturated carbocycles. The molecule has 0 aliphatic heterocycles. The lowest BCUT2D eigenvalue weighted by atomic mass is 10.5. The van der Waals surface area contributed by atoms with Crippen LogP contribution < -0.4 is 5.73 Å². The molecule has 0 bridgehead atoms. The van der Waals surface area contributed by atoms with Crippen molar-refractivity contribution in [2.45, 2.75) is 20.3 Å². The van der Waals surface area contributed by atoms with Gasteiger partial charge in [-0.25, -0.2) is 0 Å². The largest absolute Gasteiger partial charge is 0.330 e. The highest BCUT2D eigenvalue weighted by Gasteiger charge is 1.55. The molecule has 0 heterocycles. The number of allylic oxidation sites excluding steroid dienone is 3. The fraction of sp³-hybridized carbons (Fsp3) is 0.400. The molecule has 0 aliphatic carbocycles. The van der Waals surface area contributed by atoms with Gasteiger partial charge in [-0.3, -0.25) is 0 Å². The monoisotopic (exact) mass is 155 g/mol. The van der Waals surface area contributed by atoms with Gasteiger partial charge in [0.2, 0.25) is 0 Å². The van der Waals surface area contributed by atoms with Gasteiger partial charge in [-0.1, -0.05) is 31.7 Å². The van der Waals surface area contributed by atoms with Gasteiger partial charge in [-0.15, -0.1) is 13.2 Å². The van der Waals surface area contributed by atoms with Crippen molar-refractivity contribution in [1.29, 1.82) is 0 Å². The third-order valence-electron chi connectivity index (χ3n) is 0.617. The summed E-state index contributed by atoms with van der Waals surface area (Å²) in [6.45, 7) is 14.3. The Kier molecular flexibility index (Phi) is 53.2. The van der Waals surface area contributed by atoms with Gasteiger partial charge in [-0.05, 0) is 19.9 Å². The minimum atomic E-state index is 0.819. The summed E-state index contributed by atoms with van der Waals surface area (Å²) < 4.78 is 0. The summed E-state index contributed by atoms with van der Waals surface area (Å²) in [5.74, 6) is 0. The Morgan fingerprint density at radius 2 is 1.73 bits per heavy atom. The molecule has 1 heteroatoms. The molecule has 66 valence electrons. The molecule has 11 heavy (non-hydrogen) atoms. The molecular weight excluding hydrogens is 134 g/mol. The van der Waals surface area contributed by atoms with Crippen LogP contribution >= 0.6 is 0 Å². The van der Waals surface area contributed by atoms with Crippen molar-refractivity contribution in [3.63, 3.8) is 0 Å². The number of hydrogen-bond donors (Lipinski definition) is 1. The molecule has 0 saturated heterocycles. The van der Waals surface area contributed by atoms with Gasteiger partial charge in [0, 0.05) is 0 Å². The van der Waals surface area contributed by atoms with Crippen LogP contribution in [0.5, 0.6) is 0 Å². The van der Waals surface area contributed by atoms with Crippen molar-refractivity contribution in [2.75, 3.05) is 6.54 Å². The lowest BCUT2D eigenvalue weighted by Crippen LogP contribution is -1.93. The van der Waals surface area contributed by atoms with Crippen molar-refractivity contribution in [3.8, 4) is 0 Å². The molecular formula is C10H21N. The molecule has 1 nitrogen and oxygen atoms in total. The average Bonchev–Trinajstić information content (AvgIpc) is 2.10. The number of nitrogens with two attached hydrogens (primary N) is 1. The first kappa shape index (κ1) is 16.6. The maximum absolute atomic E-state index is 5.03. The van der Waals surface area contributed by atoms with Gasteiger partial charge in [0.25, 0.3) is 0 Å². The first-order valence-electron chi connectivity index (χ1n) is 3.77. The molecule has 0 unspecified atom stereocenters. The van der Waals surface area contributed by atoms with Crippen molar-refractivity contribution < 1.29 is 0 Å². The molecule has 0 atom stereocenters. The zero-order valence-electron chi connectivity index (χ0n) is 7.84. The summed E-state index contributed by atoms with van der Waals surface area (Å²) in [5.41, 5.74) is 5.03. The predicted octanol–water partition coefficient (Wildman–Crippen LogP) is 2.91. The normalized spacial score (nSPS) is 7.18. The van der Waals surface area contributed by atoms with E-state index in [0.717, 1.165) is 13.0 Å². The quantitative estimate of drug-likeness (QED) is 0.481. The molecule has 0 aromatic carbocycles. The molecule has 0 aromatic rings. The Labute approximate surface area is 71.3 Å². The standard InChI is InChI=1S/C5H8.C3H9N.C2H4/c1-3-5-4-2;1-2-3-4;1-2/h3-5H,1H2,2H3;2-4H2,1H3;1-2H2/b5-4-;;. The highest BCUT2D eigenvalue weighted by Crippen LogP contribution is 1.64. The van der Waals surface area contributed by atoms with E-state index in [0.29, 0.717) is 0 Å². The van der Waals surface area contributed by atoms with Crippen LogP contribution in [0, 0.1) is 0 Å². The van der Waals surface area contributed by atoms with Crippen LogP contribution in [-0.2, 0) is 0 Å². The van der Waals surface area contributed by atoms with Gasteiger partial charge in [-0.2, -0.15) is 0 Å². The number of hydrogen-bond acceptors (Lipinski definition) is 1. The fourth-order valence-corrected chi connectivity index (χ4v) is 0.136. The van der Waals surface area contributed by atoms with E-state index < -0.39 is 0 Å². The van der Waals surface area contributed by atoms with Crippen LogP contribution in [0.2, 0.25) is 0 Å². The van der Waals surface area contributed by atoms with Crippen LogP contribution in [-0.4, -0.2) is 6.54 Å². The molecule has 0 fully saturated rings. The maximum atomic E-state index is 5.03. The van der Waals surface area contributed by atoms with Crippen molar-refractivity contribution in [2.24, 2.45) is 5.73 Å². The Bertz CT molecular complexity index is 72.9. The average molecular weight is 155 g/mol. The third-order valence-corrected chi connectivity index (χ3v) is 0.617. The summed E-state index contributed by atoms with van der Waals surface area (Å²) in [5, 5.41) is 0. The van der Waals surface area contributed by atoms with E-state index >= 15 is 0 Å². The molecule has 0 aromatic heterocycles. The first-order chi connectivity index (χ1) is 5.33. The number of rotatable bonds is 2. The van der Waals surface area contributed by atoms with E-state index in [4.69, 9.17) is 5.73 Å². The van der Waals surface area contributed by atoms with Crippen LogP contribution in [0.3, 0.4) is 0 Å². The summed E-state index contributed by atoms with van der Waals surface area (Å²) in [6.07, 6.45) is 6.67. The van der Waals surface area contributed by atoms with Crippen LogP contribution in [0.1, 0.15) is 20.3 Å². The SMILES string of the molecule is C=C.C=C/C=C\C.CCCN. The first-order valence-corrected chi connectivity index (χ1v) is 3.77. The molecule has 0 amide bonds. The molecule has 0 rings (SSSR count). The second-order valence-corrected chi connectivity index (χ2v) is 1.55. The second kappa shape index (κ2) is 35.2. The lowest BCUT2D eigenvalue weighted by Gasteiger charge is -1.70. The smallest absolute Gasteiger partial charge is 0.00799 e. The van der Waals surface area contributed by atoms with Crippen molar-refractivity contribution in [3.05, 3.63) is 38.0 Å². The minimum Gasteiger partial charge on any atom is -0.330 e. The second-order valence-electron chi connectivity index (χ2n) is 1.55. The molecule has 0 radical (unpaired) electrons. The zero-order valence-corrected chi connectivity index (χ0v) is 7.84. The molecule has 0 spiro atoms. The van der Waals surface area contributed by atoms with Gasteiger partial charge in [0.15, 0.2) is 0 Å². The Balaban J connectivity index is -0.0000000965. The maximum Gasteiger partial charge on any atom is -0.00799 e. The predicted molar refractivity (Wildman–Crippen MR) is 55.6 cm³/mol. The fourth-order valence-electron chi connectivity index (χ4n) is 0.136. The van der Waals surface area contributed by atoms with E-state index in [1.165, 1.54) is 0 Å². The van der Waals surface area contributed by atoms with Crippen LogP contribution in [0.15, 0.2) is 38.0 Å². The van der Waals surface area contributed by atoms with E-state index in [1.54, 1.807) is 6.08 Å². The zero-order chi connectivity index (χ0) is 9.54. The minimum absolute atomic E-state index is 0.819. The lowest BCUT2D eigenvalue weighted by molar-refractivity contribution is 0.932. The van der Waals surface area contributed by atoms with Crippen molar-refractivity contribution in [1.82, 2.24) is 0 Å². The van der Waals surface area contributed by atoms with Gasteiger partial charge in [0.05, 0.1) is 0 Å². The highest BCUT2D eigenvalue weighted by atomic mass is 14.5. The van der Waals surface area contributed by atoms with Gasteiger partial charge < -0.3 is 5.73 Å². The summed E-state index contributed by atoms with van der Waals surface area (Å²) >= 11 is 0. The molecule has 0 aliphatic rings. The highest BCUT2D eigenvalue weighted by molar-refractivity contribution is 4.94. The Hall–Kier alpha value is -0.820. The Morgan fingerprint density at radius 3 is 1.73 bits per heavy atom.